The lowest BCUT2D eigenvalue weighted by molar-refractivity contribution is -0.142. The molecule has 8 nitrogen and oxygen atoms in total. The number of nitrogens with one attached hydrogen (secondary N) is 1. The number of nitrogens with two attached hydrogens (primary N) is 1. The molecule has 2 aromatic carbocycles. The van der Waals surface area contributed by atoms with Crippen molar-refractivity contribution >= 4 is 17.9 Å². The molecular weight excluding hydrogens is 434 g/mol. The average Bonchev–Trinajstić information content (AvgIpc) is 2.72. The van der Waals surface area contributed by atoms with E-state index in [4.69, 9.17) is 10.5 Å². The Labute approximate surface area is 200 Å². The van der Waals surface area contributed by atoms with Crippen LogP contribution in [0.4, 0.5) is 4.79 Å². The Balaban J connectivity index is 1.96. The van der Waals surface area contributed by atoms with E-state index in [0.29, 0.717) is 6.42 Å². The van der Waals surface area contributed by atoms with Crippen molar-refractivity contribution in [2.24, 2.45) is 5.73 Å². The fourth-order valence-electron chi connectivity index (χ4n) is 4.36. The third-order valence-electron chi connectivity index (χ3n) is 5.94. The van der Waals surface area contributed by atoms with Gasteiger partial charge in [0.05, 0.1) is 0 Å². The zero-order valence-electron chi connectivity index (χ0n) is 20.3. The van der Waals surface area contributed by atoms with Crippen LogP contribution in [0.1, 0.15) is 48.6 Å². The SMILES string of the molecule is Cc1cc(O)cc(C)c1CC(NC(=O)OC(C)(C)C)C(=O)N1Cc2ccccc2CC1C(N)=O. The van der Waals surface area contributed by atoms with Crippen LogP contribution >= 0.6 is 0 Å². The largest absolute Gasteiger partial charge is 0.508 e. The van der Waals surface area contributed by atoms with Gasteiger partial charge in [-0.3, -0.25) is 9.59 Å². The predicted octanol–water partition coefficient (Wildman–Crippen LogP) is 2.88. The second-order valence-electron chi connectivity index (χ2n) is 9.82. The molecule has 182 valence electrons. The number of fused-ring (bicyclic) bond motifs is 1. The summed E-state index contributed by atoms with van der Waals surface area (Å²) < 4.78 is 5.40. The van der Waals surface area contributed by atoms with Crippen LogP contribution in [0.3, 0.4) is 0 Å². The molecule has 34 heavy (non-hydrogen) atoms. The van der Waals surface area contributed by atoms with E-state index in [1.54, 1.807) is 32.9 Å². The van der Waals surface area contributed by atoms with Crippen molar-refractivity contribution in [3.63, 3.8) is 0 Å². The number of aromatic hydroxyl groups is 1. The molecule has 0 spiro atoms. The fourth-order valence-corrected chi connectivity index (χ4v) is 4.36. The molecule has 4 N–H and O–H groups in total. The van der Waals surface area contributed by atoms with E-state index in [9.17, 15) is 19.5 Å². The van der Waals surface area contributed by atoms with E-state index in [2.05, 4.69) is 5.32 Å². The number of aryl methyl sites for hydroxylation is 2. The number of rotatable bonds is 5. The van der Waals surface area contributed by atoms with Crippen molar-refractivity contribution in [1.29, 1.82) is 0 Å². The smallest absolute Gasteiger partial charge is 0.408 e. The summed E-state index contributed by atoms with van der Waals surface area (Å²) in [6.45, 7) is 9.09. The average molecular weight is 468 g/mol. The Hall–Kier alpha value is -3.55. The first kappa shape index (κ1) is 25.1. The molecule has 0 radical (unpaired) electrons. The third-order valence-corrected chi connectivity index (χ3v) is 5.94. The van der Waals surface area contributed by atoms with Gasteiger partial charge in [0.1, 0.15) is 23.4 Å². The van der Waals surface area contributed by atoms with E-state index >= 15 is 0 Å². The van der Waals surface area contributed by atoms with Gasteiger partial charge in [-0.05, 0) is 74.6 Å². The number of benzene rings is 2. The molecule has 0 aromatic heterocycles. The van der Waals surface area contributed by atoms with Crippen LogP contribution in [0.5, 0.6) is 5.75 Å². The highest BCUT2D eigenvalue weighted by Crippen LogP contribution is 2.26. The normalized spacial score (nSPS) is 16.4. The maximum Gasteiger partial charge on any atom is 0.408 e. The topological polar surface area (TPSA) is 122 Å². The van der Waals surface area contributed by atoms with Gasteiger partial charge >= 0.3 is 6.09 Å². The minimum Gasteiger partial charge on any atom is -0.508 e. The van der Waals surface area contributed by atoms with Crippen molar-refractivity contribution in [1.82, 2.24) is 10.2 Å². The molecule has 3 amide bonds. The van der Waals surface area contributed by atoms with Crippen molar-refractivity contribution in [2.45, 2.75) is 71.7 Å². The van der Waals surface area contributed by atoms with E-state index in [0.717, 1.165) is 27.8 Å². The lowest BCUT2D eigenvalue weighted by atomic mass is 9.91. The van der Waals surface area contributed by atoms with Crippen molar-refractivity contribution < 1.29 is 24.2 Å². The highest BCUT2D eigenvalue weighted by atomic mass is 16.6. The summed E-state index contributed by atoms with van der Waals surface area (Å²) in [7, 11) is 0. The highest BCUT2D eigenvalue weighted by molar-refractivity contribution is 5.91. The first-order valence-electron chi connectivity index (χ1n) is 11.3. The van der Waals surface area contributed by atoms with Crippen LogP contribution < -0.4 is 11.1 Å². The fraction of sp³-hybridized carbons (Fsp3) is 0.423. The Morgan fingerprint density at radius 3 is 2.29 bits per heavy atom. The second-order valence-corrected chi connectivity index (χ2v) is 9.82. The monoisotopic (exact) mass is 467 g/mol. The number of carbonyl (C=O) groups excluding carboxylic acids is 3. The first-order chi connectivity index (χ1) is 15.9. The number of hydrogen-bond acceptors (Lipinski definition) is 5. The summed E-state index contributed by atoms with van der Waals surface area (Å²) >= 11 is 0. The number of alkyl carbamates (subject to hydrolysis) is 1. The first-order valence-corrected chi connectivity index (χ1v) is 11.3. The van der Waals surface area contributed by atoms with Gasteiger partial charge in [-0.15, -0.1) is 0 Å². The molecule has 1 aliphatic heterocycles. The molecule has 0 fully saturated rings. The number of phenolic OH excluding ortho intramolecular Hbond substituents is 1. The number of primary amides is 1. The Morgan fingerprint density at radius 2 is 1.74 bits per heavy atom. The van der Waals surface area contributed by atoms with Gasteiger partial charge in [-0.1, -0.05) is 24.3 Å². The standard InChI is InChI=1S/C26H33N3O5/c1-15-10-19(30)11-16(2)20(15)13-21(28-25(33)34-26(3,4)5)24(32)29-14-18-9-7-6-8-17(18)12-22(29)23(27)31/h6-11,21-22,30H,12-14H2,1-5H3,(H2,27,31)(H,28,33). The van der Waals surface area contributed by atoms with Gasteiger partial charge in [-0.2, -0.15) is 0 Å². The zero-order valence-corrected chi connectivity index (χ0v) is 20.3. The van der Waals surface area contributed by atoms with Gasteiger partial charge in [0, 0.05) is 19.4 Å². The molecule has 2 unspecified atom stereocenters. The van der Waals surface area contributed by atoms with Gasteiger partial charge in [-0.25, -0.2) is 4.79 Å². The minimum absolute atomic E-state index is 0.128. The number of carbonyl (C=O) groups is 3. The van der Waals surface area contributed by atoms with Gasteiger partial charge < -0.3 is 25.8 Å². The van der Waals surface area contributed by atoms with Crippen LogP contribution in [-0.2, 0) is 33.7 Å². The maximum atomic E-state index is 13.8. The van der Waals surface area contributed by atoms with Crippen LogP contribution in [0.2, 0.25) is 0 Å². The van der Waals surface area contributed by atoms with Crippen LogP contribution in [-0.4, -0.2) is 45.6 Å². The summed E-state index contributed by atoms with van der Waals surface area (Å²) in [4.78, 5) is 40.2. The van der Waals surface area contributed by atoms with E-state index in [-0.39, 0.29) is 18.7 Å². The second kappa shape index (κ2) is 9.75. The Morgan fingerprint density at radius 1 is 1.15 bits per heavy atom. The van der Waals surface area contributed by atoms with Crippen molar-refractivity contribution in [2.75, 3.05) is 0 Å². The van der Waals surface area contributed by atoms with Gasteiger partial charge in [0.2, 0.25) is 11.8 Å². The summed E-state index contributed by atoms with van der Waals surface area (Å²) in [6, 6.07) is 9.01. The van der Waals surface area contributed by atoms with Gasteiger partial charge in [0.15, 0.2) is 0 Å². The minimum atomic E-state index is -0.996. The molecule has 1 heterocycles. The Kier molecular flexibility index (Phi) is 7.19. The number of ether oxygens (including phenoxy) is 1. The van der Waals surface area contributed by atoms with E-state index in [1.807, 2.05) is 38.1 Å². The van der Waals surface area contributed by atoms with E-state index in [1.165, 1.54) is 4.90 Å². The van der Waals surface area contributed by atoms with Crippen LogP contribution in [0.25, 0.3) is 0 Å². The molecule has 0 aliphatic carbocycles. The molecule has 3 rings (SSSR count). The molecule has 0 saturated heterocycles. The Bertz CT molecular complexity index is 1080. The molecule has 1 aliphatic rings. The molecule has 0 bridgehead atoms. The summed E-state index contributed by atoms with van der Waals surface area (Å²) in [6.07, 6.45) is -0.249. The van der Waals surface area contributed by atoms with Crippen LogP contribution in [0, 0.1) is 13.8 Å². The van der Waals surface area contributed by atoms with Crippen molar-refractivity contribution in [3.05, 3.63) is 64.2 Å². The number of phenols is 1. The number of amides is 3. The van der Waals surface area contributed by atoms with Crippen molar-refractivity contribution in [3.8, 4) is 5.75 Å². The summed E-state index contributed by atoms with van der Waals surface area (Å²) in [5, 5.41) is 12.6. The zero-order chi connectivity index (χ0) is 25.2. The summed E-state index contributed by atoms with van der Waals surface area (Å²) in [5.41, 5.74) is 9.23. The molecule has 2 atom stereocenters. The lowest BCUT2D eigenvalue weighted by Crippen LogP contribution is -2.57. The molecule has 2 aromatic rings. The lowest BCUT2D eigenvalue weighted by Gasteiger charge is -2.37. The molecule has 0 saturated carbocycles. The van der Waals surface area contributed by atoms with E-state index < -0.39 is 35.6 Å². The predicted molar refractivity (Wildman–Crippen MR) is 128 cm³/mol. The quantitative estimate of drug-likeness (QED) is 0.624. The third kappa shape index (κ3) is 5.87. The molecule has 8 heteroatoms. The maximum absolute atomic E-state index is 13.8. The number of hydrogen-bond donors (Lipinski definition) is 3. The van der Waals surface area contributed by atoms with Crippen LogP contribution in [0.15, 0.2) is 36.4 Å². The number of nitrogens with zero attached hydrogens (tertiary/aromatic N) is 1. The molecular formula is C26H33N3O5. The highest BCUT2D eigenvalue weighted by Gasteiger charge is 2.37. The summed E-state index contributed by atoms with van der Waals surface area (Å²) in [5.74, 6) is -0.893. The van der Waals surface area contributed by atoms with Gasteiger partial charge in [0.25, 0.3) is 0 Å².